The Kier molecular flexibility index (Phi) is 6.99. The maximum Gasteiger partial charge on any atom is 0.223 e. The number of carbonyl (C=O) groups excluding carboxylic acids is 1. The third-order valence-corrected chi connectivity index (χ3v) is 8.92. The van der Waals surface area contributed by atoms with E-state index in [1.54, 1.807) is 13.3 Å². The molecule has 3 heterocycles. The van der Waals surface area contributed by atoms with Gasteiger partial charge in [-0.05, 0) is 74.7 Å². The number of benzene rings is 1. The first-order valence-corrected chi connectivity index (χ1v) is 14.1. The van der Waals surface area contributed by atoms with Crippen LogP contribution in [-0.2, 0) is 4.79 Å². The number of halogens is 1. The number of aliphatic hydroxyl groups is 1. The van der Waals surface area contributed by atoms with Gasteiger partial charge in [0.1, 0.15) is 17.1 Å². The van der Waals surface area contributed by atoms with E-state index in [-0.39, 0.29) is 35.8 Å². The van der Waals surface area contributed by atoms with Gasteiger partial charge in [-0.3, -0.25) is 4.79 Å². The Morgan fingerprint density at radius 3 is 2.79 bits per heavy atom. The predicted molar refractivity (Wildman–Crippen MR) is 152 cm³/mol. The van der Waals surface area contributed by atoms with Crippen LogP contribution in [0.5, 0.6) is 5.75 Å². The highest BCUT2D eigenvalue weighted by Crippen LogP contribution is 2.46. The van der Waals surface area contributed by atoms with Crippen LogP contribution in [0.1, 0.15) is 37.7 Å². The number of β-amino-alcohol motifs (C(OH)–C–C–N with tert-alkyl or cyclic N) is 1. The molecule has 1 saturated heterocycles. The Morgan fingerprint density at radius 1 is 1.31 bits per heavy atom. The zero-order valence-electron chi connectivity index (χ0n) is 22.2. The Morgan fingerprint density at radius 2 is 2.08 bits per heavy atom. The van der Waals surface area contributed by atoms with E-state index in [2.05, 4.69) is 44.5 Å². The van der Waals surface area contributed by atoms with E-state index in [1.807, 2.05) is 13.0 Å². The zero-order valence-corrected chi connectivity index (χ0v) is 23.0. The van der Waals surface area contributed by atoms with Crippen LogP contribution in [0.15, 0.2) is 36.5 Å². The number of rotatable bonds is 8. The molecule has 5 atom stereocenters. The van der Waals surface area contributed by atoms with Gasteiger partial charge in [0, 0.05) is 12.6 Å². The maximum atomic E-state index is 12.3. The van der Waals surface area contributed by atoms with Gasteiger partial charge < -0.3 is 30.8 Å². The molecule has 3 aromatic rings. The fourth-order valence-corrected chi connectivity index (χ4v) is 6.95. The first-order chi connectivity index (χ1) is 18.8. The molecule has 6 rings (SSSR count). The number of aromatic nitrogens is 3. The molecule has 4 unspecified atom stereocenters. The standard InChI is InChI=1S/C29H35ClN6O3/c1-15(37)14-36-9-7-16(8-10-36)17-5-6-20(22(12-17)39-2)28-34-26-25(21(30)13-32-29(26)35-28)33-24-19-4-3-18(11-19)23(24)27(31)38/h3-6,12-13,15-16,18-19,23-24,37H,7-11,14H2,1-2H3,(H2,31,38)(H2,32,33,34,35)/t15-,18?,19?,23?,24?/m0/s1. The molecule has 39 heavy (non-hydrogen) atoms. The molecule has 2 aromatic heterocycles. The number of anilines is 1. The fraction of sp³-hybridized carbons (Fsp3) is 0.483. The number of nitrogens with zero attached hydrogens (tertiary/aromatic N) is 3. The van der Waals surface area contributed by atoms with Crippen LogP contribution >= 0.6 is 11.6 Å². The molecule has 2 aliphatic carbocycles. The highest BCUT2D eigenvalue weighted by molar-refractivity contribution is 6.34. The first-order valence-electron chi connectivity index (χ1n) is 13.7. The summed E-state index contributed by atoms with van der Waals surface area (Å²) in [5, 5.41) is 13.7. The van der Waals surface area contributed by atoms with E-state index < -0.39 is 0 Å². The van der Waals surface area contributed by atoms with E-state index in [4.69, 9.17) is 27.1 Å². The quantitative estimate of drug-likeness (QED) is 0.313. The second kappa shape index (κ2) is 10.4. The van der Waals surface area contributed by atoms with Gasteiger partial charge in [-0.2, -0.15) is 0 Å². The van der Waals surface area contributed by atoms with Crippen molar-refractivity contribution in [2.45, 2.75) is 44.2 Å². The van der Waals surface area contributed by atoms with E-state index in [9.17, 15) is 9.90 Å². The molecule has 10 heteroatoms. The number of H-pyrrole nitrogens is 1. The predicted octanol–water partition coefficient (Wildman–Crippen LogP) is 3.94. The average molecular weight is 551 g/mol. The number of likely N-dealkylation sites (tertiary alicyclic amines) is 1. The lowest BCUT2D eigenvalue weighted by Crippen LogP contribution is -2.41. The van der Waals surface area contributed by atoms with Crippen LogP contribution in [0.2, 0.25) is 5.02 Å². The Hall–Kier alpha value is -3.14. The summed E-state index contributed by atoms with van der Waals surface area (Å²) in [6.45, 7) is 4.50. The number of amides is 1. The molecule has 0 radical (unpaired) electrons. The van der Waals surface area contributed by atoms with E-state index in [0.29, 0.717) is 33.6 Å². The van der Waals surface area contributed by atoms with Gasteiger partial charge in [-0.1, -0.05) is 29.8 Å². The fourth-order valence-electron chi connectivity index (χ4n) is 6.76. The summed E-state index contributed by atoms with van der Waals surface area (Å²) in [4.78, 5) is 27.2. The van der Waals surface area contributed by atoms with Gasteiger partial charge in [-0.25, -0.2) is 9.97 Å². The lowest BCUT2D eigenvalue weighted by molar-refractivity contribution is -0.122. The number of hydrogen-bond acceptors (Lipinski definition) is 7. The molecule has 9 nitrogen and oxygen atoms in total. The van der Waals surface area contributed by atoms with Crippen molar-refractivity contribution in [2.75, 3.05) is 32.1 Å². The molecule has 2 bridgehead atoms. The number of hydrogen-bond donors (Lipinski definition) is 4. The number of pyridine rings is 1. The molecule has 2 fully saturated rings. The molecule has 1 saturated carbocycles. The summed E-state index contributed by atoms with van der Waals surface area (Å²) in [5.74, 6) is 1.62. The second-order valence-corrected chi connectivity index (χ2v) is 11.6. The monoisotopic (exact) mass is 550 g/mol. The summed E-state index contributed by atoms with van der Waals surface area (Å²) in [6, 6.07) is 6.18. The molecule has 1 aromatic carbocycles. The van der Waals surface area contributed by atoms with Gasteiger partial charge >= 0.3 is 0 Å². The topological polar surface area (TPSA) is 129 Å². The third kappa shape index (κ3) is 4.88. The zero-order chi connectivity index (χ0) is 27.3. The van der Waals surface area contributed by atoms with Crippen molar-refractivity contribution in [1.82, 2.24) is 19.9 Å². The van der Waals surface area contributed by atoms with Crippen molar-refractivity contribution in [3.05, 3.63) is 47.1 Å². The van der Waals surface area contributed by atoms with Gasteiger partial charge in [0.2, 0.25) is 5.91 Å². The van der Waals surface area contributed by atoms with Crippen molar-refractivity contribution in [2.24, 2.45) is 23.5 Å². The minimum absolute atomic E-state index is 0.131. The highest BCUT2D eigenvalue weighted by atomic mass is 35.5. The van der Waals surface area contributed by atoms with Crippen molar-refractivity contribution < 1.29 is 14.6 Å². The number of piperidine rings is 1. The molecule has 0 spiro atoms. The number of aromatic amines is 1. The summed E-state index contributed by atoms with van der Waals surface area (Å²) in [5.41, 5.74) is 9.75. The van der Waals surface area contributed by atoms with Crippen LogP contribution in [0.3, 0.4) is 0 Å². The van der Waals surface area contributed by atoms with Crippen molar-refractivity contribution in [3.8, 4) is 17.1 Å². The van der Waals surface area contributed by atoms with Crippen molar-refractivity contribution >= 4 is 34.4 Å². The number of aliphatic hydroxyl groups excluding tert-OH is 1. The number of nitrogens with two attached hydrogens (primary N) is 1. The lowest BCUT2D eigenvalue weighted by Gasteiger charge is -2.33. The molecule has 5 N–H and O–H groups in total. The number of primary amides is 1. The molecule has 1 aliphatic heterocycles. The number of ether oxygens (including phenoxy) is 1. The molecule has 3 aliphatic rings. The number of fused-ring (bicyclic) bond motifs is 3. The van der Waals surface area contributed by atoms with Gasteiger partial charge in [-0.15, -0.1) is 0 Å². The van der Waals surface area contributed by atoms with Crippen LogP contribution in [0, 0.1) is 17.8 Å². The molecular weight excluding hydrogens is 516 g/mol. The van der Waals surface area contributed by atoms with Crippen LogP contribution in [0.4, 0.5) is 5.69 Å². The highest BCUT2D eigenvalue weighted by Gasteiger charge is 2.47. The number of imidazole rings is 1. The van der Waals surface area contributed by atoms with Crippen LogP contribution in [-0.4, -0.2) is 69.8 Å². The molecule has 206 valence electrons. The number of methoxy groups -OCH3 is 1. The minimum atomic E-state index is -0.306. The summed E-state index contributed by atoms with van der Waals surface area (Å²) < 4.78 is 5.81. The summed E-state index contributed by atoms with van der Waals surface area (Å²) in [7, 11) is 1.67. The third-order valence-electron chi connectivity index (χ3n) is 8.63. The Balaban J connectivity index is 1.27. The van der Waals surface area contributed by atoms with Crippen LogP contribution < -0.4 is 15.8 Å². The second-order valence-electron chi connectivity index (χ2n) is 11.2. The van der Waals surface area contributed by atoms with E-state index in [1.165, 1.54) is 5.56 Å². The van der Waals surface area contributed by atoms with Crippen molar-refractivity contribution in [3.63, 3.8) is 0 Å². The summed E-state index contributed by atoms with van der Waals surface area (Å²) in [6.07, 6.45) is 8.54. The van der Waals surface area contributed by atoms with E-state index in [0.717, 1.165) is 50.2 Å². The average Bonchev–Trinajstić information content (AvgIpc) is 3.65. The number of carbonyl (C=O) groups is 1. The normalized spacial score (nSPS) is 25.8. The van der Waals surface area contributed by atoms with Gasteiger partial charge in [0.25, 0.3) is 0 Å². The lowest BCUT2D eigenvalue weighted by atomic mass is 9.88. The van der Waals surface area contributed by atoms with E-state index >= 15 is 0 Å². The molecule has 1 amide bonds. The minimum Gasteiger partial charge on any atom is -0.496 e. The Labute approximate surface area is 232 Å². The van der Waals surface area contributed by atoms with Crippen molar-refractivity contribution in [1.29, 1.82) is 0 Å². The molecular formula is C29H35ClN6O3. The summed E-state index contributed by atoms with van der Waals surface area (Å²) >= 11 is 6.62. The van der Waals surface area contributed by atoms with Gasteiger partial charge in [0.05, 0.1) is 41.6 Å². The maximum absolute atomic E-state index is 12.3. The Bertz CT molecular complexity index is 1410. The van der Waals surface area contributed by atoms with Gasteiger partial charge in [0.15, 0.2) is 5.65 Å². The van der Waals surface area contributed by atoms with Crippen LogP contribution in [0.25, 0.3) is 22.6 Å². The smallest absolute Gasteiger partial charge is 0.223 e. The first kappa shape index (κ1) is 26.1. The SMILES string of the molecule is COc1cc(C2CCN(C[C@H](C)O)CC2)ccc1-c1nc2ncc(Cl)c(NC3C4C=CC(C4)C3C(N)=O)c2[nH]1. The number of nitrogens with one attached hydrogen (secondary N) is 2. The number of allylic oxidation sites excluding steroid dienone is 1. The largest absolute Gasteiger partial charge is 0.496 e.